The van der Waals surface area contributed by atoms with Gasteiger partial charge in [-0.25, -0.2) is 9.97 Å². The molecule has 0 aliphatic rings. The lowest BCUT2D eigenvalue weighted by Gasteiger charge is -2.23. The van der Waals surface area contributed by atoms with Gasteiger partial charge in [-0.15, -0.1) is 0 Å². The van der Waals surface area contributed by atoms with Crippen LogP contribution in [0.2, 0.25) is 10.0 Å². The Morgan fingerprint density at radius 1 is 1.26 bits per heavy atom. The summed E-state index contributed by atoms with van der Waals surface area (Å²) in [6, 6.07) is 8.07. The minimum atomic E-state index is -0.201. The molecule has 0 bridgehead atoms. The summed E-state index contributed by atoms with van der Waals surface area (Å²) < 4.78 is 6.79. The molecule has 2 aromatic carbocycles. The van der Waals surface area contributed by atoms with Gasteiger partial charge < -0.3 is 20.5 Å². The molecule has 2 heterocycles. The molecule has 0 saturated carbocycles. The van der Waals surface area contributed by atoms with Crippen molar-refractivity contribution >= 4 is 56.9 Å². The molecule has 2 N–H and O–H groups in total. The Morgan fingerprint density at radius 2 is 2.00 bits per heavy atom. The van der Waals surface area contributed by atoms with Crippen LogP contribution in [0.3, 0.4) is 0 Å². The highest BCUT2D eigenvalue weighted by Crippen LogP contribution is 2.38. The van der Waals surface area contributed by atoms with Crippen molar-refractivity contribution < 1.29 is 9.94 Å². The van der Waals surface area contributed by atoms with Crippen LogP contribution in [0.1, 0.15) is 0 Å². The van der Waals surface area contributed by atoms with Gasteiger partial charge in [0.2, 0.25) is 0 Å². The number of nitrogens with one attached hydrogen (secondary N) is 1. The van der Waals surface area contributed by atoms with Crippen LogP contribution in [0.25, 0.3) is 16.6 Å². The number of methoxy groups -OCH3 is 1. The molecule has 0 aliphatic heterocycles. The number of anilines is 3. The van der Waals surface area contributed by atoms with Crippen molar-refractivity contribution in [3.8, 4) is 5.75 Å². The molecule has 0 radical (unpaired) electrons. The number of rotatable bonds is 4. The molecular formula is C17H12Cl2N5O3-. The van der Waals surface area contributed by atoms with E-state index < -0.39 is 0 Å². The smallest absolute Gasteiger partial charge is 0.157 e. The van der Waals surface area contributed by atoms with E-state index >= 15 is 0 Å². The maximum atomic E-state index is 11.5. The first-order valence-electron chi connectivity index (χ1n) is 7.70. The van der Waals surface area contributed by atoms with Crippen LogP contribution in [0.4, 0.5) is 17.2 Å². The van der Waals surface area contributed by atoms with Crippen LogP contribution in [-0.4, -0.2) is 26.7 Å². The molecule has 8 nitrogen and oxygen atoms in total. The monoisotopic (exact) mass is 404 g/mol. The predicted molar refractivity (Wildman–Crippen MR) is 104 cm³/mol. The summed E-state index contributed by atoms with van der Waals surface area (Å²) in [5.41, 5.74) is 1.96. The topological polar surface area (TPSA) is 98.0 Å². The lowest BCUT2D eigenvalue weighted by Crippen LogP contribution is -2.10. The Morgan fingerprint density at radius 3 is 2.67 bits per heavy atom. The van der Waals surface area contributed by atoms with Gasteiger partial charge in [-0.2, -0.15) is 0 Å². The van der Waals surface area contributed by atoms with Crippen LogP contribution in [0.5, 0.6) is 5.75 Å². The van der Waals surface area contributed by atoms with Crippen molar-refractivity contribution in [1.29, 1.82) is 0 Å². The third kappa shape index (κ3) is 2.98. The summed E-state index contributed by atoms with van der Waals surface area (Å²) >= 11 is 12.6. The standard InChI is InChI=1S/C17H12Cl2N5O3/c1-27-9-5-10(18)15(11(19)6-9)22-17-14-7-20-8-23(14)16-12(21-17)3-2-4-13(16)24(25)26/h2-8,25H,1H3,(H,21,22)/q-1. The number of nitrogens with zero attached hydrogens (tertiary/aromatic N) is 4. The van der Waals surface area contributed by atoms with Crippen LogP contribution < -0.4 is 15.3 Å². The van der Waals surface area contributed by atoms with Gasteiger partial charge in [-0.05, 0) is 12.1 Å². The molecule has 0 unspecified atom stereocenters. The molecule has 0 saturated heterocycles. The van der Waals surface area contributed by atoms with E-state index in [9.17, 15) is 10.4 Å². The van der Waals surface area contributed by atoms with Crippen molar-refractivity contribution in [2.45, 2.75) is 0 Å². The molecule has 0 aliphatic carbocycles. The number of fused-ring (bicyclic) bond motifs is 3. The SMILES string of the molecule is COc1cc(Cl)c(Nc2nc3cccc(N([O-])O)c3n3cncc23)c(Cl)c1. The largest absolute Gasteiger partial charge is 0.733 e. The van der Waals surface area contributed by atoms with E-state index in [0.717, 1.165) is 0 Å². The van der Waals surface area contributed by atoms with Crippen molar-refractivity contribution in [3.05, 3.63) is 58.1 Å². The van der Waals surface area contributed by atoms with Gasteiger partial charge in [0.05, 0.1) is 52.1 Å². The lowest BCUT2D eigenvalue weighted by molar-refractivity contribution is 0.297. The minimum Gasteiger partial charge on any atom is -0.733 e. The maximum absolute atomic E-state index is 11.5. The zero-order valence-electron chi connectivity index (χ0n) is 13.8. The van der Waals surface area contributed by atoms with Gasteiger partial charge in [0, 0.05) is 12.1 Å². The average Bonchev–Trinajstić information content (AvgIpc) is 3.13. The van der Waals surface area contributed by atoms with Crippen LogP contribution in [0.15, 0.2) is 42.9 Å². The molecule has 4 rings (SSSR count). The molecular weight excluding hydrogens is 393 g/mol. The van der Waals surface area contributed by atoms with Crippen molar-refractivity contribution in [2.75, 3.05) is 17.7 Å². The zero-order valence-corrected chi connectivity index (χ0v) is 15.4. The van der Waals surface area contributed by atoms with E-state index in [4.69, 9.17) is 27.9 Å². The maximum Gasteiger partial charge on any atom is 0.157 e. The summed E-state index contributed by atoms with van der Waals surface area (Å²) in [4.78, 5) is 8.66. The molecule has 0 atom stereocenters. The molecule has 0 amide bonds. The van der Waals surface area contributed by atoms with Gasteiger partial charge in [0.15, 0.2) is 5.82 Å². The summed E-state index contributed by atoms with van der Waals surface area (Å²) in [5.74, 6) is 0.959. The number of halogens is 2. The van der Waals surface area contributed by atoms with Gasteiger partial charge in [0.1, 0.15) is 11.3 Å². The van der Waals surface area contributed by atoms with Crippen molar-refractivity contribution in [3.63, 3.8) is 0 Å². The fourth-order valence-electron chi connectivity index (χ4n) is 2.83. The van der Waals surface area contributed by atoms with E-state index in [1.807, 2.05) is 0 Å². The molecule has 27 heavy (non-hydrogen) atoms. The van der Waals surface area contributed by atoms with E-state index in [1.165, 1.54) is 19.5 Å². The number of benzene rings is 2. The van der Waals surface area contributed by atoms with E-state index in [1.54, 1.807) is 34.9 Å². The Hall–Kier alpha value is -2.78. The Labute approximate surface area is 163 Å². The summed E-state index contributed by atoms with van der Waals surface area (Å²) in [5, 5.41) is 24.5. The third-order valence-electron chi connectivity index (χ3n) is 4.05. The van der Waals surface area contributed by atoms with Crippen LogP contribution >= 0.6 is 23.2 Å². The number of hydrogen-bond donors (Lipinski definition) is 2. The van der Waals surface area contributed by atoms with Gasteiger partial charge in [-0.1, -0.05) is 29.3 Å². The Kier molecular flexibility index (Phi) is 4.40. The highest BCUT2D eigenvalue weighted by Gasteiger charge is 2.15. The second-order valence-electron chi connectivity index (χ2n) is 5.62. The molecule has 10 heteroatoms. The fraction of sp³-hybridized carbons (Fsp3) is 0.0588. The Balaban J connectivity index is 1.92. The predicted octanol–water partition coefficient (Wildman–Crippen LogP) is 4.63. The summed E-state index contributed by atoms with van der Waals surface area (Å²) in [6.45, 7) is 0. The summed E-state index contributed by atoms with van der Waals surface area (Å²) in [7, 11) is 1.52. The first-order chi connectivity index (χ1) is 13.0. The van der Waals surface area contributed by atoms with Crippen molar-refractivity contribution in [2.24, 2.45) is 0 Å². The van der Waals surface area contributed by atoms with Gasteiger partial charge >= 0.3 is 0 Å². The second-order valence-corrected chi connectivity index (χ2v) is 6.43. The second kappa shape index (κ2) is 6.75. The van der Waals surface area contributed by atoms with E-state index in [-0.39, 0.29) is 10.9 Å². The molecule has 0 spiro atoms. The summed E-state index contributed by atoms with van der Waals surface area (Å²) in [6.07, 6.45) is 3.10. The van der Waals surface area contributed by atoms with E-state index in [0.29, 0.717) is 43.9 Å². The minimum absolute atomic E-state index is 0.0510. The normalized spacial score (nSPS) is 11.1. The van der Waals surface area contributed by atoms with Crippen LogP contribution in [0, 0.1) is 5.21 Å². The van der Waals surface area contributed by atoms with Gasteiger partial charge in [-0.3, -0.25) is 9.61 Å². The van der Waals surface area contributed by atoms with E-state index in [2.05, 4.69) is 15.3 Å². The average molecular weight is 405 g/mol. The fourth-order valence-corrected chi connectivity index (χ4v) is 3.40. The zero-order chi connectivity index (χ0) is 19.1. The molecule has 138 valence electrons. The van der Waals surface area contributed by atoms with Gasteiger partial charge in [0.25, 0.3) is 0 Å². The number of aromatic nitrogens is 3. The molecule has 2 aromatic heterocycles. The molecule has 4 aromatic rings. The number of para-hydroxylation sites is 1. The molecule has 0 fully saturated rings. The number of ether oxygens (including phenoxy) is 1. The van der Waals surface area contributed by atoms with Crippen LogP contribution in [-0.2, 0) is 0 Å². The first-order valence-corrected chi connectivity index (χ1v) is 8.46. The number of imidazole rings is 1. The number of hydrogen-bond acceptors (Lipinski definition) is 7. The van der Waals surface area contributed by atoms with Crippen molar-refractivity contribution in [1.82, 2.24) is 14.4 Å². The first kappa shape index (κ1) is 17.6. The highest BCUT2D eigenvalue weighted by molar-refractivity contribution is 6.39. The highest BCUT2D eigenvalue weighted by atomic mass is 35.5. The quantitative estimate of drug-likeness (QED) is 0.478. The lowest BCUT2D eigenvalue weighted by atomic mass is 10.2. The third-order valence-corrected chi connectivity index (χ3v) is 4.64. The Bertz CT molecular complexity index is 1140.